The molecule has 0 aliphatic rings. The first-order chi connectivity index (χ1) is 11.2. The smallest absolute Gasteiger partial charge is 0.193 e. The number of guanidine groups is 1. The van der Waals surface area contributed by atoms with E-state index in [0.717, 1.165) is 22.6 Å². The van der Waals surface area contributed by atoms with Gasteiger partial charge in [-0.1, -0.05) is 35.9 Å². The third-order valence-electron chi connectivity index (χ3n) is 3.37. The predicted molar refractivity (Wildman–Crippen MR) is 91.9 cm³/mol. The molecular weight excluding hydrogens is 288 g/mol. The van der Waals surface area contributed by atoms with Gasteiger partial charge in [0.15, 0.2) is 11.8 Å². The molecule has 0 atom stereocenters. The van der Waals surface area contributed by atoms with E-state index in [1.54, 1.807) is 0 Å². The van der Waals surface area contributed by atoms with Crippen molar-refractivity contribution in [2.24, 2.45) is 10.7 Å². The van der Waals surface area contributed by atoms with Crippen LogP contribution in [0.25, 0.3) is 11.4 Å². The number of H-pyrrole nitrogens is 1. The number of nitrogens with two attached hydrogens (primary N) is 1. The summed E-state index contributed by atoms with van der Waals surface area (Å²) in [4.78, 5) is 8.52. The van der Waals surface area contributed by atoms with Crippen LogP contribution in [0.5, 0.6) is 0 Å². The molecule has 0 spiro atoms. The second kappa shape index (κ2) is 6.74. The number of aromatic nitrogens is 3. The Morgan fingerprint density at radius 3 is 2.78 bits per heavy atom. The molecule has 6 nitrogen and oxygen atoms in total. The molecule has 0 aliphatic carbocycles. The maximum Gasteiger partial charge on any atom is 0.193 e. The van der Waals surface area contributed by atoms with Crippen LogP contribution in [-0.4, -0.2) is 21.1 Å². The van der Waals surface area contributed by atoms with E-state index < -0.39 is 0 Å². The van der Waals surface area contributed by atoms with Crippen LogP contribution in [0.1, 0.15) is 11.1 Å². The average molecular weight is 306 g/mol. The Hall–Kier alpha value is -3.15. The highest BCUT2D eigenvalue weighted by atomic mass is 15.2. The highest BCUT2D eigenvalue weighted by Crippen LogP contribution is 2.16. The van der Waals surface area contributed by atoms with Crippen LogP contribution in [0, 0.1) is 6.92 Å². The molecule has 4 N–H and O–H groups in total. The summed E-state index contributed by atoms with van der Waals surface area (Å²) in [6, 6.07) is 16.0. The molecule has 1 heterocycles. The van der Waals surface area contributed by atoms with E-state index in [2.05, 4.69) is 25.5 Å². The van der Waals surface area contributed by atoms with Crippen LogP contribution >= 0.6 is 0 Å². The molecule has 0 amide bonds. The van der Waals surface area contributed by atoms with Gasteiger partial charge in [-0.15, -0.1) is 0 Å². The fourth-order valence-electron chi connectivity index (χ4n) is 2.16. The summed E-state index contributed by atoms with van der Waals surface area (Å²) in [7, 11) is 0. The number of benzene rings is 2. The molecule has 116 valence electrons. The van der Waals surface area contributed by atoms with Crippen molar-refractivity contribution in [2.45, 2.75) is 13.5 Å². The number of anilines is 1. The Bertz CT molecular complexity index is 790. The SMILES string of the molecule is Cc1ccc(NC(N)=NCc2cccc(-c3ncn[nH]3)c2)cc1. The molecule has 0 unspecified atom stereocenters. The molecule has 0 saturated carbocycles. The van der Waals surface area contributed by atoms with E-state index in [9.17, 15) is 0 Å². The Labute approximate surface area is 134 Å². The van der Waals surface area contributed by atoms with Gasteiger partial charge in [-0.2, -0.15) is 5.10 Å². The molecule has 0 bridgehead atoms. The zero-order valence-electron chi connectivity index (χ0n) is 12.8. The summed E-state index contributed by atoms with van der Waals surface area (Å²) in [5, 5.41) is 9.79. The fourth-order valence-corrected chi connectivity index (χ4v) is 2.16. The van der Waals surface area contributed by atoms with Gasteiger partial charge < -0.3 is 11.1 Å². The van der Waals surface area contributed by atoms with Crippen LogP contribution in [0.15, 0.2) is 59.9 Å². The summed E-state index contributed by atoms with van der Waals surface area (Å²) in [5.74, 6) is 1.13. The third-order valence-corrected chi connectivity index (χ3v) is 3.37. The molecule has 3 aromatic rings. The minimum Gasteiger partial charge on any atom is -0.370 e. The first-order valence-electron chi connectivity index (χ1n) is 7.29. The molecule has 2 aromatic carbocycles. The van der Waals surface area contributed by atoms with Gasteiger partial charge in [0, 0.05) is 11.3 Å². The lowest BCUT2D eigenvalue weighted by Gasteiger charge is -2.06. The topological polar surface area (TPSA) is 92.0 Å². The van der Waals surface area contributed by atoms with E-state index in [-0.39, 0.29) is 0 Å². The normalized spacial score (nSPS) is 11.4. The quantitative estimate of drug-likeness (QED) is 0.510. The summed E-state index contributed by atoms with van der Waals surface area (Å²) in [6.07, 6.45) is 1.49. The van der Waals surface area contributed by atoms with Crippen molar-refractivity contribution in [1.82, 2.24) is 15.2 Å². The van der Waals surface area contributed by atoms with Crippen LogP contribution in [0.2, 0.25) is 0 Å². The van der Waals surface area contributed by atoms with Crippen molar-refractivity contribution in [2.75, 3.05) is 5.32 Å². The van der Waals surface area contributed by atoms with Crippen LogP contribution in [-0.2, 0) is 6.54 Å². The lowest BCUT2D eigenvalue weighted by atomic mass is 10.1. The predicted octanol–water partition coefficient (Wildman–Crippen LogP) is 2.71. The molecule has 0 aliphatic heterocycles. The average Bonchev–Trinajstić information content (AvgIpc) is 3.10. The number of nitrogens with zero attached hydrogens (tertiary/aromatic N) is 3. The number of aryl methyl sites for hydroxylation is 1. The summed E-state index contributed by atoms with van der Waals surface area (Å²) in [6.45, 7) is 2.54. The summed E-state index contributed by atoms with van der Waals surface area (Å²) >= 11 is 0. The Balaban J connectivity index is 1.67. The molecule has 23 heavy (non-hydrogen) atoms. The number of hydrogen-bond acceptors (Lipinski definition) is 3. The molecule has 1 aromatic heterocycles. The van der Waals surface area contributed by atoms with Crippen LogP contribution in [0.4, 0.5) is 5.69 Å². The van der Waals surface area contributed by atoms with Gasteiger partial charge in [-0.25, -0.2) is 9.98 Å². The van der Waals surface area contributed by atoms with Crippen LogP contribution in [0.3, 0.4) is 0 Å². The Morgan fingerprint density at radius 1 is 1.22 bits per heavy atom. The number of rotatable bonds is 4. The first kappa shape index (κ1) is 14.8. The highest BCUT2D eigenvalue weighted by molar-refractivity contribution is 5.92. The van der Waals surface area contributed by atoms with E-state index in [1.165, 1.54) is 11.9 Å². The van der Waals surface area contributed by atoms with Crippen molar-refractivity contribution in [1.29, 1.82) is 0 Å². The minimum absolute atomic E-state index is 0.388. The van der Waals surface area contributed by atoms with Crippen molar-refractivity contribution in [3.05, 3.63) is 66.0 Å². The number of nitrogens with one attached hydrogen (secondary N) is 2. The molecule has 0 fully saturated rings. The Morgan fingerprint density at radius 2 is 2.04 bits per heavy atom. The fraction of sp³-hybridized carbons (Fsp3) is 0.118. The van der Waals surface area contributed by atoms with Gasteiger partial charge in [-0.05, 0) is 30.7 Å². The zero-order valence-corrected chi connectivity index (χ0v) is 12.8. The maximum atomic E-state index is 5.93. The first-order valence-corrected chi connectivity index (χ1v) is 7.29. The minimum atomic E-state index is 0.388. The number of aliphatic imine (C=N–C) groups is 1. The van der Waals surface area contributed by atoms with Crippen molar-refractivity contribution < 1.29 is 0 Å². The van der Waals surface area contributed by atoms with Gasteiger partial charge in [0.1, 0.15) is 6.33 Å². The van der Waals surface area contributed by atoms with E-state index in [1.807, 2.05) is 55.5 Å². The van der Waals surface area contributed by atoms with Gasteiger partial charge in [0.2, 0.25) is 0 Å². The highest BCUT2D eigenvalue weighted by Gasteiger charge is 2.02. The Kier molecular flexibility index (Phi) is 4.33. The lowest BCUT2D eigenvalue weighted by Crippen LogP contribution is -2.22. The third kappa shape index (κ3) is 3.94. The van der Waals surface area contributed by atoms with Crippen molar-refractivity contribution >= 4 is 11.6 Å². The number of aromatic amines is 1. The standard InChI is InChI=1S/C17H18N6/c1-12-5-7-15(8-6-12)22-17(18)19-10-13-3-2-4-14(9-13)16-20-11-21-23-16/h2-9,11H,10H2,1H3,(H3,18,19,22)(H,20,21,23). The molecule has 3 rings (SSSR count). The van der Waals surface area contributed by atoms with Gasteiger partial charge >= 0.3 is 0 Å². The monoisotopic (exact) mass is 306 g/mol. The largest absolute Gasteiger partial charge is 0.370 e. The van der Waals surface area contributed by atoms with Crippen molar-refractivity contribution in [3.8, 4) is 11.4 Å². The van der Waals surface area contributed by atoms with Crippen LogP contribution < -0.4 is 11.1 Å². The molecule has 0 saturated heterocycles. The van der Waals surface area contributed by atoms with E-state index in [0.29, 0.717) is 12.5 Å². The maximum absolute atomic E-state index is 5.93. The van der Waals surface area contributed by atoms with Gasteiger partial charge in [-0.3, -0.25) is 5.10 Å². The van der Waals surface area contributed by atoms with E-state index in [4.69, 9.17) is 5.73 Å². The zero-order chi connectivity index (χ0) is 16.1. The van der Waals surface area contributed by atoms with Crippen molar-refractivity contribution in [3.63, 3.8) is 0 Å². The lowest BCUT2D eigenvalue weighted by molar-refractivity contribution is 1.06. The van der Waals surface area contributed by atoms with Gasteiger partial charge in [0.25, 0.3) is 0 Å². The second-order valence-corrected chi connectivity index (χ2v) is 5.23. The molecule has 0 radical (unpaired) electrons. The number of hydrogen-bond donors (Lipinski definition) is 3. The molecular formula is C17H18N6. The summed E-state index contributed by atoms with van der Waals surface area (Å²) in [5.41, 5.74) is 10.1. The van der Waals surface area contributed by atoms with E-state index >= 15 is 0 Å². The van der Waals surface area contributed by atoms with Gasteiger partial charge in [0.05, 0.1) is 6.54 Å². The summed E-state index contributed by atoms with van der Waals surface area (Å²) < 4.78 is 0. The molecule has 6 heteroatoms. The second-order valence-electron chi connectivity index (χ2n) is 5.23.